The van der Waals surface area contributed by atoms with Crippen LogP contribution >= 0.6 is 0 Å². The number of hydrogen-bond acceptors (Lipinski definition) is 6. The average Bonchev–Trinajstić information content (AvgIpc) is 2.81. The van der Waals surface area contributed by atoms with E-state index in [0.717, 1.165) is 22.4 Å². The van der Waals surface area contributed by atoms with Gasteiger partial charge in [0, 0.05) is 30.3 Å². The van der Waals surface area contributed by atoms with Gasteiger partial charge in [0.25, 0.3) is 0 Å². The van der Waals surface area contributed by atoms with E-state index in [1.165, 1.54) is 0 Å². The number of rotatable bonds is 9. The van der Waals surface area contributed by atoms with Gasteiger partial charge >= 0.3 is 18.1 Å². The summed E-state index contributed by atoms with van der Waals surface area (Å²) in [6.07, 6.45) is -2.19. The van der Waals surface area contributed by atoms with Gasteiger partial charge < -0.3 is 10.1 Å². The SMILES string of the molecule is O=C(CCCCCNc1ncc(-c2ccccc2)c(-c2ccccc2)n1)OC(=O)C(F)(F)F. The highest BCUT2D eigenvalue weighted by Crippen LogP contribution is 2.30. The Hall–Kier alpha value is -3.75. The van der Waals surface area contributed by atoms with Crippen LogP contribution in [0.1, 0.15) is 25.7 Å². The Kier molecular flexibility index (Phi) is 8.12. The van der Waals surface area contributed by atoms with Gasteiger partial charge in [-0.2, -0.15) is 13.2 Å². The third kappa shape index (κ3) is 7.13. The van der Waals surface area contributed by atoms with Gasteiger partial charge in [0.2, 0.25) is 5.95 Å². The molecule has 0 unspecified atom stereocenters. The zero-order valence-corrected chi connectivity index (χ0v) is 17.6. The summed E-state index contributed by atoms with van der Waals surface area (Å²) in [5, 5.41) is 3.13. The molecule has 33 heavy (non-hydrogen) atoms. The summed E-state index contributed by atoms with van der Waals surface area (Å²) in [5.41, 5.74) is 3.64. The first-order valence-electron chi connectivity index (χ1n) is 10.4. The van der Waals surface area contributed by atoms with Crippen molar-refractivity contribution in [2.45, 2.75) is 31.9 Å². The normalized spacial score (nSPS) is 11.1. The Bertz CT molecular complexity index is 1070. The number of halogens is 3. The minimum absolute atomic E-state index is 0.262. The molecule has 0 radical (unpaired) electrons. The minimum atomic E-state index is -5.17. The highest BCUT2D eigenvalue weighted by atomic mass is 19.4. The van der Waals surface area contributed by atoms with Crippen molar-refractivity contribution in [2.75, 3.05) is 11.9 Å². The van der Waals surface area contributed by atoms with Crippen molar-refractivity contribution in [3.8, 4) is 22.4 Å². The maximum atomic E-state index is 12.1. The van der Waals surface area contributed by atoms with Crippen LogP contribution in [-0.2, 0) is 14.3 Å². The van der Waals surface area contributed by atoms with Crippen LogP contribution < -0.4 is 5.32 Å². The molecule has 172 valence electrons. The topological polar surface area (TPSA) is 81.2 Å². The van der Waals surface area contributed by atoms with Gasteiger partial charge in [0.05, 0.1) is 5.69 Å². The lowest BCUT2D eigenvalue weighted by molar-refractivity contribution is -0.201. The zero-order chi connectivity index (χ0) is 23.7. The molecule has 0 saturated heterocycles. The lowest BCUT2D eigenvalue weighted by atomic mass is 10.0. The van der Waals surface area contributed by atoms with Crippen molar-refractivity contribution in [3.63, 3.8) is 0 Å². The lowest BCUT2D eigenvalue weighted by Crippen LogP contribution is -2.27. The second-order valence-corrected chi connectivity index (χ2v) is 7.18. The summed E-state index contributed by atoms with van der Waals surface area (Å²) in [7, 11) is 0. The Morgan fingerprint density at radius 1 is 0.879 bits per heavy atom. The van der Waals surface area contributed by atoms with Gasteiger partial charge in [-0.15, -0.1) is 0 Å². The van der Waals surface area contributed by atoms with Crippen LogP contribution in [0.4, 0.5) is 19.1 Å². The molecule has 9 heteroatoms. The maximum absolute atomic E-state index is 12.1. The molecule has 0 aliphatic heterocycles. The number of esters is 2. The van der Waals surface area contributed by atoms with Crippen molar-refractivity contribution in [1.29, 1.82) is 0 Å². The number of nitrogens with one attached hydrogen (secondary N) is 1. The second-order valence-electron chi connectivity index (χ2n) is 7.18. The Morgan fingerprint density at radius 2 is 1.52 bits per heavy atom. The first kappa shape index (κ1) is 23.9. The number of ether oxygens (including phenoxy) is 1. The van der Waals surface area contributed by atoms with E-state index in [0.29, 0.717) is 31.8 Å². The Balaban J connectivity index is 1.54. The lowest BCUT2D eigenvalue weighted by Gasteiger charge is -2.12. The van der Waals surface area contributed by atoms with Gasteiger partial charge in [0.15, 0.2) is 0 Å². The van der Waals surface area contributed by atoms with Crippen LogP contribution in [0, 0.1) is 0 Å². The summed E-state index contributed by atoms with van der Waals surface area (Å²) in [6, 6.07) is 19.6. The van der Waals surface area contributed by atoms with E-state index in [-0.39, 0.29) is 6.42 Å². The molecule has 0 bridgehead atoms. The van der Waals surface area contributed by atoms with Crippen LogP contribution in [0.2, 0.25) is 0 Å². The van der Waals surface area contributed by atoms with E-state index in [9.17, 15) is 22.8 Å². The quantitative estimate of drug-likeness (QED) is 0.263. The number of unbranched alkanes of at least 4 members (excludes halogenated alkanes) is 2. The molecule has 2 aromatic carbocycles. The average molecular weight is 457 g/mol. The van der Waals surface area contributed by atoms with E-state index in [1.54, 1.807) is 6.20 Å². The molecule has 3 aromatic rings. The first-order valence-corrected chi connectivity index (χ1v) is 10.4. The number of aromatic nitrogens is 2. The van der Waals surface area contributed by atoms with E-state index >= 15 is 0 Å². The second kappa shape index (κ2) is 11.2. The highest BCUT2D eigenvalue weighted by molar-refractivity contribution is 5.88. The first-order chi connectivity index (χ1) is 15.8. The molecule has 0 saturated carbocycles. The van der Waals surface area contributed by atoms with Crippen molar-refractivity contribution in [1.82, 2.24) is 9.97 Å². The fourth-order valence-corrected chi connectivity index (χ4v) is 3.10. The number of benzene rings is 2. The van der Waals surface area contributed by atoms with E-state index in [4.69, 9.17) is 0 Å². The number of alkyl halides is 3. The molecule has 0 aliphatic rings. The standard InChI is InChI=1S/C24H22F3N3O3/c25-24(26,27)22(32)33-20(31)14-8-3-9-15-28-23-29-16-19(17-10-4-1-5-11-17)21(30-23)18-12-6-2-7-13-18/h1-2,4-7,10-13,16H,3,8-9,14-15H2,(H,28,29,30). The summed E-state index contributed by atoms with van der Waals surface area (Å²) in [5.74, 6) is -3.22. The largest absolute Gasteiger partial charge is 0.491 e. The van der Waals surface area contributed by atoms with Crippen LogP contribution in [0.25, 0.3) is 22.4 Å². The van der Waals surface area contributed by atoms with Crippen LogP contribution in [-0.4, -0.2) is 34.6 Å². The van der Waals surface area contributed by atoms with Gasteiger partial charge in [0.1, 0.15) is 0 Å². The number of carbonyl (C=O) groups excluding carboxylic acids is 2. The van der Waals surface area contributed by atoms with Gasteiger partial charge in [-0.3, -0.25) is 4.79 Å². The van der Waals surface area contributed by atoms with E-state index in [1.807, 2.05) is 60.7 Å². The van der Waals surface area contributed by atoms with Gasteiger partial charge in [-0.05, 0) is 18.4 Å². The molecular formula is C24H22F3N3O3. The number of anilines is 1. The third-order valence-corrected chi connectivity index (χ3v) is 4.70. The molecule has 0 fully saturated rings. The Labute approximate surface area is 188 Å². The fraction of sp³-hybridized carbons (Fsp3) is 0.250. The molecule has 1 N–H and O–H groups in total. The van der Waals surface area contributed by atoms with Crippen molar-refractivity contribution >= 4 is 17.9 Å². The predicted molar refractivity (Wildman–Crippen MR) is 117 cm³/mol. The number of nitrogens with zero attached hydrogens (tertiary/aromatic N) is 2. The summed E-state index contributed by atoms with van der Waals surface area (Å²) >= 11 is 0. The smallest absolute Gasteiger partial charge is 0.386 e. The van der Waals surface area contributed by atoms with Crippen molar-refractivity contribution in [2.24, 2.45) is 0 Å². The van der Waals surface area contributed by atoms with Crippen LogP contribution in [0.5, 0.6) is 0 Å². The Morgan fingerprint density at radius 3 is 2.15 bits per heavy atom. The molecule has 1 aromatic heterocycles. The molecule has 3 rings (SSSR count). The van der Waals surface area contributed by atoms with Crippen LogP contribution in [0.15, 0.2) is 66.9 Å². The van der Waals surface area contributed by atoms with Crippen molar-refractivity contribution in [3.05, 3.63) is 66.9 Å². The van der Waals surface area contributed by atoms with Crippen LogP contribution in [0.3, 0.4) is 0 Å². The summed E-state index contributed by atoms with van der Waals surface area (Å²) in [6.45, 7) is 0.509. The molecule has 1 heterocycles. The summed E-state index contributed by atoms with van der Waals surface area (Å²) in [4.78, 5) is 31.0. The van der Waals surface area contributed by atoms with Gasteiger partial charge in [-0.1, -0.05) is 67.1 Å². The van der Waals surface area contributed by atoms with Crippen molar-refractivity contribution < 1.29 is 27.5 Å². The molecule has 0 atom stereocenters. The predicted octanol–water partition coefficient (Wildman–Crippen LogP) is 5.42. The molecule has 6 nitrogen and oxygen atoms in total. The van der Waals surface area contributed by atoms with E-state index < -0.39 is 18.1 Å². The zero-order valence-electron chi connectivity index (χ0n) is 17.6. The fourth-order valence-electron chi connectivity index (χ4n) is 3.10. The monoisotopic (exact) mass is 457 g/mol. The van der Waals surface area contributed by atoms with E-state index in [2.05, 4.69) is 20.0 Å². The molecular weight excluding hydrogens is 435 g/mol. The number of carbonyl (C=O) groups is 2. The highest BCUT2D eigenvalue weighted by Gasteiger charge is 2.42. The molecule has 0 spiro atoms. The molecule has 0 amide bonds. The molecule has 0 aliphatic carbocycles. The summed E-state index contributed by atoms with van der Waals surface area (Å²) < 4.78 is 40.0. The minimum Gasteiger partial charge on any atom is -0.386 e. The third-order valence-electron chi connectivity index (χ3n) is 4.70. The number of hydrogen-bond donors (Lipinski definition) is 1. The maximum Gasteiger partial charge on any atom is 0.491 e. The van der Waals surface area contributed by atoms with Gasteiger partial charge in [-0.25, -0.2) is 14.8 Å².